The molecule has 2 aromatic carbocycles. The van der Waals surface area contributed by atoms with Crippen molar-refractivity contribution in [2.45, 2.75) is 43.9 Å². The minimum absolute atomic E-state index is 0.0625. The fraction of sp³-hybridized carbons (Fsp3) is 0.333. The number of alkyl halides is 5. The zero-order valence-corrected chi connectivity index (χ0v) is 22.9. The summed E-state index contributed by atoms with van der Waals surface area (Å²) in [6.07, 6.45) is -4.19. The summed E-state index contributed by atoms with van der Waals surface area (Å²) in [5.74, 6) is -5.86. The van der Waals surface area contributed by atoms with E-state index in [0.717, 1.165) is 19.1 Å². The van der Waals surface area contributed by atoms with Gasteiger partial charge in [0.2, 0.25) is 5.92 Å². The molecule has 3 aromatic rings. The quantitative estimate of drug-likeness (QED) is 0.227. The number of hydrogen-bond donors (Lipinski definition) is 1. The zero-order valence-electron chi connectivity index (χ0n) is 22.1. The standard InChI is InChI=1S/C23H18F5N3O3S.C4H8F2/c1-30-5-6-31(16-4-2-3-14(24)8-16)18-9-17(23(26,27)28)19(10-20(18)35-30)34-12-13-7-15(25)11-29-21(13)22(32)33;1-3-4(2,5)6/h2-4,7-11H,5-6,12H2,1H3,(H,32,33);3H2,1-2H3. The molecule has 0 amide bonds. The molecule has 4 rings (SSSR count). The van der Waals surface area contributed by atoms with Gasteiger partial charge in [-0.3, -0.25) is 0 Å². The minimum atomic E-state index is -4.82. The van der Waals surface area contributed by atoms with Crippen LogP contribution in [0.25, 0.3) is 0 Å². The highest BCUT2D eigenvalue weighted by Crippen LogP contribution is 2.46. The third-order valence-corrected chi connectivity index (χ3v) is 6.83. The van der Waals surface area contributed by atoms with Gasteiger partial charge < -0.3 is 14.7 Å². The highest BCUT2D eigenvalue weighted by atomic mass is 32.2. The molecule has 0 atom stereocenters. The SMILES string of the molecule is CCC(C)(F)F.CN1CCN(c2cccc(F)c2)c2cc(C(F)(F)F)c(OCc3cc(F)cnc3C(=O)O)cc2S1. The van der Waals surface area contributed by atoms with Gasteiger partial charge in [0.1, 0.15) is 24.0 Å². The van der Waals surface area contributed by atoms with Crippen molar-refractivity contribution in [1.29, 1.82) is 0 Å². The van der Waals surface area contributed by atoms with Crippen molar-refractivity contribution >= 4 is 29.3 Å². The number of anilines is 2. The second-order valence-corrected chi connectivity index (χ2v) is 10.3. The van der Waals surface area contributed by atoms with Crippen LogP contribution >= 0.6 is 11.9 Å². The van der Waals surface area contributed by atoms with Crippen molar-refractivity contribution < 1.29 is 45.4 Å². The number of carboxylic acid groups (broad SMARTS) is 1. The topological polar surface area (TPSA) is 65.9 Å². The Morgan fingerprint density at radius 1 is 1.07 bits per heavy atom. The summed E-state index contributed by atoms with van der Waals surface area (Å²) in [4.78, 5) is 16.8. The van der Waals surface area contributed by atoms with Crippen LogP contribution in [0.3, 0.4) is 0 Å². The highest BCUT2D eigenvalue weighted by Gasteiger charge is 2.37. The summed E-state index contributed by atoms with van der Waals surface area (Å²) in [5, 5.41) is 9.25. The molecule has 0 aliphatic carbocycles. The van der Waals surface area contributed by atoms with E-state index < -0.39 is 53.3 Å². The lowest BCUT2D eigenvalue weighted by molar-refractivity contribution is -0.139. The Balaban J connectivity index is 0.000000696. The van der Waals surface area contributed by atoms with Gasteiger partial charge in [0.15, 0.2) is 5.69 Å². The van der Waals surface area contributed by atoms with E-state index in [9.17, 15) is 40.6 Å². The number of nitrogens with zero attached hydrogens (tertiary/aromatic N) is 3. The number of halogens is 7. The van der Waals surface area contributed by atoms with Crippen molar-refractivity contribution in [3.63, 3.8) is 0 Å². The van der Waals surface area contributed by atoms with Crippen LogP contribution in [0.1, 0.15) is 41.9 Å². The fourth-order valence-electron chi connectivity index (χ4n) is 3.60. The van der Waals surface area contributed by atoms with Gasteiger partial charge in [0, 0.05) is 30.8 Å². The lowest BCUT2D eigenvalue weighted by Crippen LogP contribution is -2.25. The third kappa shape index (κ3) is 8.73. The predicted octanol–water partition coefficient (Wildman–Crippen LogP) is 7.80. The summed E-state index contributed by atoms with van der Waals surface area (Å²) in [5.41, 5.74) is -1.25. The molecular formula is C27H26F7N3O3S. The summed E-state index contributed by atoms with van der Waals surface area (Å²) in [6, 6.07) is 8.52. The Morgan fingerprint density at radius 3 is 2.34 bits per heavy atom. The monoisotopic (exact) mass is 605 g/mol. The van der Waals surface area contributed by atoms with Gasteiger partial charge in [-0.05, 0) is 62.3 Å². The van der Waals surface area contributed by atoms with Gasteiger partial charge in [-0.2, -0.15) is 13.2 Å². The first-order valence-corrected chi connectivity index (χ1v) is 12.9. The molecule has 0 unspecified atom stereocenters. The number of benzene rings is 2. The molecule has 0 fully saturated rings. The van der Waals surface area contributed by atoms with E-state index in [1.165, 1.54) is 43.1 Å². The van der Waals surface area contributed by atoms with Gasteiger partial charge in [-0.1, -0.05) is 13.0 Å². The molecule has 222 valence electrons. The van der Waals surface area contributed by atoms with Crippen LogP contribution in [0, 0.1) is 11.6 Å². The number of aromatic carboxylic acids is 1. The molecule has 0 saturated heterocycles. The largest absolute Gasteiger partial charge is 0.488 e. The Labute approximate surface area is 235 Å². The Morgan fingerprint density at radius 2 is 1.76 bits per heavy atom. The van der Waals surface area contributed by atoms with E-state index in [-0.39, 0.29) is 17.7 Å². The van der Waals surface area contributed by atoms with E-state index in [1.54, 1.807) is 18.0 Å². The molecule has 14 heteroatoms. The average molecular weight is 606 g/mol. The molecule has 1 aliphatic heterocycles. The van der Waals surface area contributed by atoms with Crippen LogP contribution in [0.2, 0.25) is 0 Å². The number of carboxylic acids is 1. The molecule has 6 nitrogen and oxygen atoms in total. The molecular weight excluding hydrogens is 579 g/mol. The van der Waals surface area contributed by atoms with Gasteiger partial charge in [-0.25, -0.2) is 31.6 Å². The predicted molar refractivity (Wildman–Crippen MR) is 140 cm³/mol. The maximum atomic E-state index is 14.0. The number of hydrogen-bond acceptors (Lipinski definition) is 6. The lowest BCUT2D eigenvalue weighted by Gasteiger charge is -2.26. The summed E-state index contributed by atoms with van der Waals surface area (Å²) in [7, 11) is 1.76. The molecule has 1 aromatic heterocycles. The molecule has 0 bridgehead atoms. The van der Waals surface area contributed by atoms with E-state index in [4.69, 9.17) is 4.74 Å². The van der Waals surface area contributed by atoms with Crippen LogP contribution in [0.5, 0.6) is 5.75 Å². The molecule has 0 radical (unpaired) electrons. The smallest absolute Gasteiger partial charge is 0.420 e. The maximum absolute atomic E-state index is 14.0. The van der Waals surface area contributed by atoms with E-state index in [1.807, 2.05) is 4.31 Å². The van der Waals surface area contributed by atoms with Gasteiger partial charge in [-0.15, -0.1) is 0 Å². The first-order chi connectivity index (χ1) is 19.1. The third-order valence-electron chi connectivity index (χ3n) is 5.81. The molecule has 0 saturated carbocycles. The Bertz CT molecular complexity index is 1380. The first kappa shape index (κ1) is 32.0. The number of pyridine rings is 1. The number of rotatable bonds is 6. The van der Waals surface area contributed by atoms with E-state index >= 15 is 0 Å². The maximum Gasteiger partial charge on any atom is 0.420 e. The summed E-state index contributed by atoms with van der Waals surface area (Å²) in [6.45, 7) is 2.48. The van der Waals surface area contributed by atoms with Gasteiger partial charge in [0.25, 0.3) is 0 Å². The van der Waals surface area contributed by atoms with E-state index in [2.05, 4.69) is 4.98 Å². The van der Waals surface area contributed by atoms with Crippen molar-refractivity contribution in [3.8, 4) is 5.75 Å². The molecule has 1 aliphatic rings. The molecule has 41 heavy (non-hydrogen) atoms. The average Bonchev–Trinajstić information content (AvgIpc) is 3.03. The zero-order chi connectivity index (χ0) is 30.5. The minimum Gasteiger partial charge on any atom is -0.488 e. The number of ether oxygens (including phenoxy) is 1. The molecule has 1 N–H and O–H groups in total. The van der Waals surface area contributed by atoms with Crippen LogP contribution in [-0.4, -0.2) is 46.4 Å². The van der Waals surface area contributed by atoms with Gasteiger partial charge in [0.05, 0.1) is 22.3 Å². The van der Waals surface area contributed by atoms with Crippen LogP contribution in [-0.2, 0) is 12.8 Å². The number of carbonyl (C=O) groups is 1. The number of fused-ring (bicyclic) bond motifs is 1. The Hall–Kier alpha value is -3.52. The summed E-state index contributed by atoms with van der Waals surface area (Å²) < 4.78 is 99.7. The van der Waals surface area contributed by atoms with Crippen molar-refractivity contribution in [2.24, 2.45) is 0 Å². The lowest BCUT2D eigenvalue weighted by atomic mass is 10.1. The second kappa shape index (κ2) is 13.0. The van der Waals surface area contributed by atoms with Crippen molar-refractivity contribution in [1.82, 2.24) is 9.29 Å². The van der Waals surface area contributed by atoms with Crippen LogP contribution in [0.4, 0.5) is 42.1 Å². The first-order valence-electron chi connectivity index (χ1n) is 12.1. The van der Waals surface area contributed by atoms with Crippen molar-refractivity contribution in [2.75, 3.05) is 25.0 Å². The summed E-state index contributed by atoms with van der Waals surface area (Å²) >= 11 is 1.19. The molecule has 0 spiro atoms. The van der Waals surface area contributed by atoms with Crippen LogP contribution in [0.15, 0.2) is 53.6 Å². The second-order valence-electron chi connectivity index (χ2n) is 9.07. The Kier molecular flexibility index (Phi) is 10.1. The normalized spacial score (nSPS) is 14.0. The highest BCUT2D eigenvalue weighted by molar-refractivity contribution is 7.97. The van der Waals surface area contributed by atoms with E-state index in [0.29, 0.717) is 29.9 Å². The van der Waals surface area contributed by atoms with Crippen molar-refractivity contribution in [3.05, 3.63) is 77.1 Å². The van der Waals surface area contributed by atoms with Gasteiger partial charge >= 0.3 is 12.1 Å². The molecule has 2 heterocycles. The number of likely N-dealkylation sites (N-methyl/N-ethyl adjacent to an activating group) is 1. The van der Waals surface area contributed by atoms with Crippen LogP contribution < -0.4 is 9.64 Å². The fourth-order valence-corrected chi connectivity index (χ4v) is 4.53. The number of aromatic nitrogens is 1.